The molecule has 98 valence electrons. The molecule has 0 aromatic heterocycles. The molecule has 0 radical (unpaired) electrons. The molecule has 0 saturated heterocycles. The highest BCUT2D eigenvalue weighted by molar-refractivity contribution is 8.73. The molecule has 0 heterocycles. The summed E-state index contributed by atoms with van der Waals surface area (Å²) < 4.78 is 20.1. The van der Waals surface area contributed by atoms with Crippen LogP contribution < -0.4 is 0 Å². The summed E-state index contributed by atoms with van der Waals surface area (Å²) in [5, 5.41) is 16.8. The Kier molecular flexibility index (Phi) is 15.9. The fourth-order valence-corrected chi connectivity index (χ4v) is 1.62. The number of aliphatic hydroxyl groups is 2. The molecule has 0 aliphatic rings. The van der Waals surface area contributed by atoms with E-state index in [1.54, 1.807) is 0 Å². The molecular formula is C8H18O6S2. The zero-order valence-corrected chi connectivity index (χ0v) is 10.6. The van der Waals surface area contributed by atoms with E-state index in [0.29, 0.717) is 39.6 Å². The van der Waals surface area contributed by atoms with E-state index in [1.807, 2.05) is 0 Å². The molecule has 0 aliphatic heterocycles. The first kappa shape index (κ1) is 16.5. The second kappa shape index (κ2) is 15.5. The van der Waals surface area contributed by atoms with Gasteiger partial charge in [-0.25, -0.2) is 0 Å². The Bertz CT molecular complexity index is 115. The number of hydrogen-bond acceptors (Lipinski definition) is 8. The van der Waals surface area contributed by atoms with E-state index >= 15 is 0 Å². The van der Waals surface area contributed by atoms with Gasteiger partial charge in [0.05, 0.1) is 75.0 Å². The fraction of sp³-hybridized carbons (Fsp3) is 1.00. The zero-order valence-electron chi connectivity index (χ0n) is 9.00. The Morgan fingerprint density at radius 3 is 1.44 bits per heavy atom. The summed E-state index contributed by atoms with van der Waals surface area (Å²) in [5.74, 6) is 0. The standard InChI is InChI=1S/C8H18O6S2/c9-1-3-11-5-7-13-15-16-14-8-6-12-4-2-10/h9-10H,1-8H2. The summed E-state index contributed by atoms with van der Waals surface area (Å²) in [5.41, 5.74) is 0. The molecule has 0 rings (SSSR count). The quantitative estimate of drug-likeness (QED) is 0.281. The van der Waals surface area contributed by atoms with Gasteiger partial charge in [-0.2, -0.15) is 0 Å². The van der Waals surface area contributed by atoms with E-state index < -0.39 is 0 Å². The molecule has 0 amide bonds. The molecule has 16 heavy (non-hydrogen) atoms. The van der Waals surface area contributed by atoms with E-state index in [9.17, 15) is 0 Å². The number of ether oxygens (including phenoxy) is 2. The van der Waals surface area contributed by atoms with E-state index in [4.69, 9.17) is 28.1 Å². The van der Waals surface area contributed by atoms with Crippen molar-refractivity contribution in [2.75, 3.05) is 52.9 Å². The van der Waals surface area contributed by atoms with Gasteiger partial charge in [0.2, 0.25) is 0 Å². The third-order valence-corrected chi connectivity index (χ3v) is 2.54. The van der Waals surface area contributed by atoms with Crippen LogP contribution >= 0.6 is 22.1 Å². The lowest BCUT2D eigenvalue weighted by molar-refractivity contribution is 0.0740. The SMILES string of the molecule is OCCOCCOSSOCCOCCO. The minimum Gasteiger partial charge on any atom is -0.394 e. The molecule has 0 aromatic rings. The molecule has 0 aliphatic carbocycles. The van der Waals surface area contributed by atoms with Crippen LogP contribution in [0.2, 0.25) is 0 Å². The van der Waals surface area contributed by atoms with E-state index in [-0.39, 0.29) is 13.2 Å². The van der Waals surface area contributed by atoms with Crippen LogP contribution in [0.3, 0.4) is 0 Å². The van der Waals surface area contributed by atoms with Crippen LogP contribution in [0.5, 0.6) is 0 Å². The summed E-state index contributed by atoms with van der Waals surface area (Å²) in [6, 6.07) is 0. The van der Waals surface area contributed by atoms with Crippen LogP contribution in [0.1, 0.15) is 0 Å². The maximum Gasteiger partial charge on any atom is 0.0926 e. The molecule has 0 atom stereocenters. The summed E-state index contributed by atoms with van der Waals surface area (Å²) in [6.45, 7) is 2.52. The predicted octanol–water partition coefficient (Wildman–Crippen LogP) is 0.249. The van der Waals surface area contributed by atoms with Gasteiger partial charge >= 0.3 is 0 Å². The van der Waals surface area contributed by atoms with Gasteiger partial charge in [-0.1, -0.05) is 0 Å². The van der Waals surface area contributed by atoms with Crippen molar-refractivity contribution in [2.45, 2.75) is 0 Å². The van der Waals surface area contributed by atoms with Gasteiger partial charge in [-0.3, -0.25) is 0 Å². The third kappa shape index (κ3) is 14.5. The second-order valence-corrected chi connectivity index (χ2v) is 4.01. The second-order valence-electron chi connectivity index (χ2n) is 2.45. The Balaban J connectivity index is 2.83. The average molecular weight is 274 g/mol. The molecule has 0 saturated carbocycles. The lowest BCUT2D eigenvalue weighted by Crippen LogP contribution is -2.05. The van der Waals surface area contributed by atoms with Crippen molar-refractivity contribution in [3.8, 4) is 0 Å². The maximum absolute atomic E-state index is 8.41. The smallest absolute Gasteiger partial charge is 0.0926 e. The molecule has 0 bridgehead atoms. The molecule has 0 aromatic carbocycles. The van der Waals surface area contributed by atoms with Gasteiger partial charge < -0.3 is 28.1 Å². The van der Waals surface area contributed by atoms with Crippen molar-refractivity contribution in [1.29, 1.82) is 0 Å². The van der Waals surface area contributed by atoms with Gasteiger partial charge in [-0.05, 0) is 0 Å². The van der Waals surface area contributed by atoms with Gasteiger partial charge in [0.1, 0.15) is 0 Å². The van der Waals surface area contributed by atoms with Crippen LogP contribution in [0, 0.1) is 0 Å². The lowest BCUT2D eigenvalue weighted by Gasteiger charge is -2.03. The largest absolute Gasteiger partial charge is 0.394 e. The molecule has 0 fully saturated rings. The third-order valence-electron chi connectivity index (χ3n) is 1.22. The summed E-state index contributed by atoms with van der Waals surface area (Å²) in [7, 11) is 0. The highest BCUT2D eigenvalue weighted by atomic mass is 33.1. The molecule has 2 N–H and O–H groups in total. The van der Waals surface area contributed by atoms with Crippen LogP contribution in [0.4, 0.5) is 0 Å². The molecule has 6 nitrogen and oxygen atoms in total. The summed E-state index contributed by atoms with van der Waals surface area (Å²) >= 11 is 2.24. The first-order chi connectivity index (χ1) is 7.91. The fourth-order valence-electron chi connectivity index (χ4n) is 0.626. The number of rotatable bonds is 13. The first-order valence-corrected chi connectivity index (χ1v) is 6.86. The lowest BCUT2D eigenvalue weighted by atomic mass is 10.7. The van der Waals surface area contributed by atoms with Crippen molar-refractivity contribution in [2.24, 2.45) is 0 Å². The van der Waals surface area contributed by atoms with E-state index in [0.717, 1.165) is 22.1 Å². The van der Waals surface area contributed by atoms with Crippen LogP contribution in [-0.4, -0.2) is 63.1 Å². The zero-order chi connectivity index (χ0) is 11.9. The molecular weight excluding hydrogens is 256 g/mol. The summed E-state index contributed by atoms with van der Waals surface area (Å²) in [4.78, 5) is 0. The van der Waals surface area contributed by atoms with E-state index in [2.05, 4.69) is 0 Å². The monoisotopic (exact) mass is 274 g/mol. The highest BCUT2D eigenvalue weighted by Crippen LogP contribution is 2.22. The van der Waals surface area contributed by atoms with Crippen LogP contribution in [0.25, 0.3) is 0 Å². The number of aliphatic hydroxyl groups excluding tert-OH is 2. The van der Waals surface area contributed by atoms with Gasteiger partial charge in [0.25, 0.3) is 0 Å². The van der Waals surface area contributed by atoms with Gasteiger partial charge in [0.15, 0.2) is 0 Å². The maximum atomic E-state index is 8.41. The van der Waals surface area contributed by atoms with Crippen LogP contribution in [0.15, 0.2) is 0 Å². The normalized spacial score (nSPS) is 10.9. The van der Waals surface area contributed by atoms with Crippen molar-refractivity contribution in [3.63, 3.8) is 0 Å². The Labute approximate surface area is 103 Å². The summed E-state index contributed by atoms with van der Waals surface area (Å²) in [6.07, 6.45) is 0. The van der Waals surface area contributed by atoms with Crippen molar-refractivity contribution < 1.29 is 28.1 Å². The Morgan fingerprint density at radius 1 is 0.625 bits per heavy atom. The first-order valence-electron chi connectivity index (χ1n) is 4.86. The van der Waals surface area contributed by atoms with Crippen molar-refractivity contribution >= 4 is 22.1 Å². The van der Waals surface area contributed by atoms with E-state index in [1.165, 1.54) is 0 Å². The van der Waals surface area contributed by atoms with Gasteiger partial charge in [0, 0.05) is 0 Å². The van der Waals surface area contributed by atoms with Gasteiger partial charge in [-0.15, -0.1) is 0 Å². The molecule has 0 unspecified atom stereocenters. The van der Waals surface area contributed by atoms with Crippen molar-refractivity contribution in [3.05, 3.63) is 0 Å². The Morgan fingerprint density at radius 2 is 1.06 bits per heavy atom. The topological polar surface area (TPSA) is 77.4 Å². The molecule has 0 spiro atoms. The average Bonchev–Trinajstić information content (AvgIpc) is 2.31. The molecule has 8 heteroatoms. The minimum atomic E-state index is 0.0266. The minimum absolute atomic E-state index is 0.0266. The predicted molar refractivity (Wildman–Crippen MR) is 62.9 cm³/mol. The van der Waals surface area contributed by atoms with Crippen molar-refractivity contribution in [1.82, 2.24) is 0 Å². The Hall–Kier alpha value is 0.460. The highest BCUT2D eigenvalue weighted by Gasteiger charge is 1.94. The van der Waals surface area contributed by atoms with Crippen LogP contribution in [-0.2, 0) is 17.8 Å². The number of hydrogen-bond donors (Lipinski definition) is 2.